The molecule has 6 nitrogen and oxygen atoms in total. The van der Waals surface area contributed by atoms with Crippen LogP contribution in [-0.2, 0) is 4.79 Å². The lowest BCUT2D eigenvalue weighted by atomic mass is 10.1. The van der Waals surface area contributed by atoms with Gasteiger partial charge in [-0.25, -0.2) is 0 Å². The average molecular weight is 343 g/mol. The number of amides is 1. The Hall–Kier alpha value is -2.54. The third-order valence-electron chi connectivity index (χ3n) is 3.38. The Labute approximate surface area is 143 Å². The van der Waals surface area contributed by atoms with Gasteiger partial charge in [-0.3, -0.25) is 4.79 Å². The normalized spacial score (nSPS) is 12.1. The van der Waals surface area contributed by atoms with Crippen LogP contribution in [0.1, 0.15) is 24.3 Å². The molecule has 3 aromatic rings. The van der Waals surface area contributed by atoms with E-state index in [0.717, 1.165) is 11.1 Å². The van der Waals surface area contributed by atoms with Gasteiger partial charge in [0, 0.05) is 5.56 Å². The number of hydrogen-bond acceptors (Lipinski definition) is 6. The van der Waals surface area contributed by atoms with Gasteiger partial charge in [0.05, 0.1) is 18.1 Å². The fraction of sp³-hybridized carbons (Fsp3) is 0.235. The van der Waals surface area contributed by atoms with E-state index in [9.17, 15) is 4.79 Å². The molecule has 0 saturated heterocycles. The lowest BCUT2D eigenvalue weighted by molar-refractivity contribution is -0.119. The Morgan fingerprint density at radius 3 is 2.75 bits per heavy atom. The molecule has 0 aliphatic heterocycles. The standard InChI is InChI=1S/C17H17N3O3S/c1-11-5-7-13(8-6-11)16-19-20-17(23-16)24-10-15(21)18-12(2)14-4-3-9-22-14/h3-9,12H,10H2,1-2H3,(H,18,21)/t12-/m1/s1. The topological polar surface area (TPSA) is 81.2 Å². The highest BCUT2D eigenvalue weighted by Crippen LogP contribution is 2.23. The lowest BCUT2D eigenvalue weighted by Gasteiger charge is -2.10. The van der Waals surface area contributed by atoms with Crippen LogP contribution in [0, 0.1) is 6.92 Å². The van der Waals surface area contributed by atoms with Gasteiger partial charge in [-0.05, 0) is 38.1 Å². The summed E-state index contributed by atoms with van der Waals surface area (Å²) in [6.45, 7) is 3.88. The van der Waals surface area contributed by atoms with E-state index in [1.54, 1.807) is 12.3 Å². The van der Waals surface area contributed by atoms with Crippen molar-refractivity contribution in [2.75, 3.05) is 5.75 Å². The van der Waals surface area contributed by atoms with Crippen molar-refractivity contribution in [2.24, 2.45) is 0 Å². The number of aryl methyl sites for hydroxylation is 1. The van der Waals surface area contributed by atoms with Gasteiger partial charge in [0.15, 0.2) is 0 Å². The first-order valence-electron chi connectivity index (χ1n) is 7.48. The van der Waals surface area contributed by atoms with Gasteiger partial charge in [-0.15, -0.1) is 10.2 Å². The van der Waals surface area contributed by atoms with Crippen molar-refractivity contribution in [1.82, 2.24) is 15.5 Å². The molecule has 0 saturated carbocycles. The van der Waals surface area contributed by atoms with Gasteiger partial charge in [-0.2, -0.15) is 0 Å². The van der Waals surface area contributed by atoms with Crippen molar-refractivity contribution in [2.45, 2.75) is 25.1 Å². The predicted octanol–water partition coefficient (Wildman–Crippen LogP) is 3.61. The van der Waals surface area contributed by atoms with E-state index in [1.165, 1.54) is 11.8 Å². The van der Waals surface area contributed by atoms with Crippen LogP contribution in [0.2, 0.25) is 0 Å². The summed E-state index contributed by atoms with van der Waals surface area (Å²) in [6.07, 6.45) is 1.58. The number of benzene rings is 1. The summed E-state index contributed by atoms with van der Waals surface area (Å²) in [7, 11) is 0. The minimum absolute atomic E-state index is 0.126. The summed E-state index contributed by atoms with van der Waals surface area (Å²) in [6, 6.07) is 11.2. The molecule has 1 aromatic carbocycles. The molecule has 1 atom stereocenters. The van der Waals surface area contributed by atoms with Gasteiger partial charge in [-0.1, -0.05) is 29.5 Å². The van der Waals surface area contributed by atoms with Crippen LogP contribution in [0.3, 0.4) is 0 Å². The van der Waals surface area contributed by atoms with Crippen molar-refractivity contribution < 1.29 is 13.6 Å². The maximum atomic E-state index is 12.0. The lowest BCUT2D eigenvalue weighted by Crippen LogP contribution is -2.27. The molecule has 7 heteroatoms. The molecule has 0 aliphatic carbocycles. The van der Waals surface area contributed by atoms with Crippen molar-refractivity contribution in [1.29, 1.82) is 0 Å². The van der Waals surface area contributed by atoms with Gasteiger partial charge in [0.25, 0.3) is 5.22 Å². The van der Waals surface area contributed by atoms with Gasteiger partial charge < -0.3 is 14.2 Å². The Kier molecular flexibility index (Phi) is 5.00. The van der Waals surface area contributed by atoms with E-state index < -0.39 is 0 Å². The minimum Gasteiger partial charge on any atom is -0.467 e. The molecule has 24 heavy (non-hydrogen) atoms. The molecule has 124 valence electrons. The fourth-order valence-electron chi connectivity index (χ4n) is 2.10. The quantitative estimate of drug-likeness (QED) is 0.689. The maximum Gasteiger partial charge on any atom is 0.277 e. The molecule has 1 N–H and O–H groups in total. The molecule has 3 rings (SSSR count). The maximum absolute atomic E-state index is 12.0. The van der Waals surface area contributed by atoms with Crippen LogP contribution < -0.4 is 5.32 Å². The Morgan fingerprint density at radius 1 is 1.25 bits per heavy atom. The first-order chi connectivity index (χ1) is 11.6. The number of aromatic nitrogens is 2. The SMILES string of the molecule is Cc1ccc(-c2nnc(SCC(=O)N[C@H](C)c3ccco3)o2)cc1. The Balaban J connectivity index is 1.53. The monoisotopic (exact) mass is 343 g/mol. The minimum atomic E-state index is -0.182. The number of carbonyl (C=O) groups excluding carboxylic acids is 1. The summed E-state index contributed by atoms with van der Waals surface area (Å²) in [5.74, 6) is 1.23. The number of carbonyl (C=O) groups is 1. The largest absolute Gasteiger partial charge is 0.467 e. The third-order valence-corrected chi connectivity index (χ3v) is 4.20. The summed E-state index contributed by atoms with van der Waals surface area (Å²) in [4.78, 5) is 12.0. The number of thioether (sulfide) groups is 1. The molecular formula is C17H17N3O3S. The summed E-state index contributed by atoms with van der Waals surface area (Å²) < 4.78 is 10.8. The second-order valence-corrected chi connectivity index (χ2v) is 6.26. The second-order valence-electron chi connectivity index (χ2n) is 5.33. The molecular weight excluding hydrogens is 326 g/mol. The van der Waals surface area contributed by atoms with Gasteiger partial charge in [0.1, 0.15) is 5.76 Å². The van der Waals surface area contributed by atoms with Gasteiger partial charge >= 0.3 is 0 Å². The van der Waals surface area contributed by atoms with E-state index in [-0.39, 0.29) is 17.7 Å². The summed E-state index contributed by atoms with van der Waals surface area (Å²) in [5.41, 5.74) is 2.02. The van der Waals surface area contributed by atoms with Crippen molar-refractivity contribution in [3.8, 4) is 11.5 Å². The number of furan rings is 1. The molecule has 2 aromatic heterocycles. The molecule has 0 aliphatic rings. The number of hydrogen-bond donors (Lipinski definition) is 1. The Bertz CT molecular complexity index is 797. The molecule has 1 amide bonds. The van der Waals surface area contributed by atoms with Crippen LogP contribution in [0.4, 0.5) is 0 Å². The molecule has 0 bridgehead atoms. The highest BCUT2D eigenvalue weighted by molar-refractivity contribution is 7.99. The average Bonchev–Trinajstić information content (AvgIpc) is 3.25. The third kappa shape index (κ3) is 4.05. The van der Waals surface area contributed by atoms with Crippen LogP contribution >= 0.6 is 11.8 Å². The van der Waals surface area contributed by atoms with E-state index >= 15 is 0 Å². The van der Waals surface area contributed by atoms with E-state index in [2.05, 4.69) is 15.5 Å². The van der Waals surface area contributed by atoms with Crippen LogP contribution in [-0.4, -0.2) is 21.9 Å². The van der Waals surface area contributed by atoms with Crippen molar-refractivity contribution in [3.05, 3.63) is 54.0 Å². The highest BCUT2D eigenvalue weighted by atomic mass is 32.2. The first-order valence-corrected chi connectivity index (χ1v) is 8.46. The molecule has 0 spiro atoms. The van der Waals surface area contributed by atoms with Crippen LogP contribution in [0.5, 0.6) is 0 Å². The van der Waals surface area contributed by atoms with Crippen LogP contribution in [0.15, 0.2) is 56.7 Å². The van der Waals surface area contributed by atoms with Crippen molar-refractivity contribution in [3.63, 3.8) is 0 Å². The molecule has 0 unspecified atom stereocenters. The van der Waals surface area contributed by atoms with Gasteiger partial charge in [0.2, 0.25) is 11.8 Å². The molecule has 0 fully saturated rings. The van der Waals surface area contributed by atoms with E-state index in [0.29, 0.717) is 16.9 Å². The smallest absolute Gasteiger partial charge is 0.277 e. The second kappa shape index (κ2) is 7.35. The zero-order chi connectivity index (χ0) is 16.9. The summed E-state index contributed by atoms with van der Waals surface area (Å²) in [5, 5.41) is 11.2. The first kappa shape index (κ1) is 16.3. The fourth-order valence-corrected chi connectivity index (χ4v) is 2.67. The zero-order valence-corrected chi connectivity index (χ0v) is 14.2. The van der Waals surface area contributed by atoms with Crippen molar-refractivity contribution >= 4 is 17.7 Å². The van der Waals surface area contributed by atoms with E-state index in [1.807, 2.05) is 44.2 Å². The number of nitrogens with zero attached hydrogens (tertiary/aromatic N) is 2. The zero-order valence-electron chi connectivity index (χ0n) is 13.4. The number of nitrogens with one attached hydrogen (secondary N) is 1. The Morgan fingerprint density at radius 2 is 2.04 bits per heavy atom. The molecule has 0 radical (unpaired) electrons. The van der Waals surface area contributed by atoms with E-state index in [4.69, 9.17) is 8.83 Å². The summed E-state index contributed by atoms with van der Waals surface area (Å²) >= 11 is 1.20. The highest BCUT2D eigenvalue weighted by Gasteiger charge is 2.14. The predicted molar refractivity (Wildman–Crippen MR) is 90.5 cm³/mol. The van der Waals surface area contributed by atoms with Crippen LogP contribution in [0.25, 0.3) is 11.5 Å². The number of rotatable bonds is 6. The molecule has 2 heterocycles.